The molecule has 2 rings (SSSR count). The number of carbonyl (C=O) groups is 1. The molecular formula is C17H25NO4. The predicted molar refractivity (Wildman–Crippen MR) is 84.7 cm³/mol. The van der Waals surface area contributed by atoms with E-state index in [9.17, 15) is 4.79 Å². The molecule has 1 N–H and O–H groups in total. The van der Waals surface area contributed by atoms with Crippen LogP contribution < -0.4 is 14.8 Å². The summed E-state index contributed by atoms with van der Waals surface area (Å²) in [6, 6.07) is 5.30. The van der Waals surface area contributed by atoms with Crippen LogP contribution in [0.25, 0.3) is 0 Å². The molecule has 22 heavy (non-hydrogen) atoms. The zero-order chi connectivity index (χ0) is 15.9. The van der Waals surface area contributed by atoms with Gasteiger partial charge in [-0.25, -0.2) is 0 Å². The lowest BCUT2D eigenvalue weighted by atomic mass is 10.1. The molecule has 0 radical (unpaired) electrons. The van der Waals surface area contributed by atoms with Gasteiger partial charge in [-0.1, -0.05) is 0 Å². The van der Waals surface area contributed by atoms with Gasteiger partial charge >= 0.3 is 0 Å². The number of nitrogens with one attached hydrogen (secondary N) is 1. The van der Waals surface area contributed by atoms with Crippen LogP contribution in [-0.4, -0.2) is 38.9 Å². The van der Waals surface area contributed by atoms with Crippen LogP contribution in [0.3, 0.4) is 0 Å². The molecule has 1 fully saturated rings. The third-order valence-electron chi connectivity index (χ3n) is 3.97. The fraction of sp³-hybridized carbons (Fsp3) is 0.588. The van der Waals surface area contributed by atoms with Crippen LogP contribution in [0.15, 0.2) is 18.2 Å². The van der Waals surface area contributed by atoms with E-state index >= 15 is 0 Å². The van der Waals surface area contributed by atoms with E-state index in [0.717, 1.165) is 32.3 Å². The van der Waals surface area contributed by atoms with E-state index in [2.05, 4.69) is 5.32 Å². The number of benzene rings is 1. The van der Waals surface area contributed by atoms with E-state index in [1.54, 1.807) is 32.4 Å². The van der Waals surface area contributed by atoms with Crippen molar-refractivity contribution in [2.24, 2.45) is 0 Å². The molecule has 1 aromatic rings. The molecule has 1 aliphatic heterocycles. The van der Waals surface area contributed by atoms with Gasteiger partial charge in [0.15, 0.2) is 0 Å². The zero-order valence-electron chi connectivity index (χ0n) is 13.6. The summed E-state index contributed by atoms with van der Waals surface area (Å²) in [7, 11) is 3.13. The highest BCUT2D eigenvalue weighted by atomic mass is 16.5. The zero-order valence-corrected chi connectivity index (χ0v) is 13.6. The van der Waals surface area contributed by atoms with Crippen LogP contribution in [0, 0.1) is 0 Å². The highest BCUT2D eigenvalue weighted by Crippen LogP contribution is 2.24. The van der Waals surface area contributed by atoms with Gasteiger partial charge in [-0.15, -0.1) is 0 Å². The minimum Gasteiger partial charge on any atom is -0.497 e. The van der Waals surface area contributed by atoms with E-state index in [-0.39, 0.29) is 11.9 Å². The number of hydrogen-bond acceptors (Lipinski definition) is 4. The Hall–Kier alpha value is -1.75. The first-order valence-electron chi connectivity index (χ1n) is 7.78. The van der Waals surface area contributed by atoms with Crippen molar-refractivity contribution in [3.8, 4) is 11.5 Å². The van der Waals surface area contributed by atoms with Crippen molar-refractivity contribution in [2.75, 3.05) is 20.8 Å². The molecule has 122 valence electrons. The summed E-state index contributed by atoms with van der Waals surface area (Å²) >= 11 is 0. The van der Waals surface area contributed by atoms with Gasteiger partial charge in [0.1, 0.15) is 11.5 Å². The molecule has 1 saturated heterocycles. The van der Waals surface area contributed by atoms with Gasteiger partial charge in [-0.3, -0.25) is 4.79 Å². The molecule has 1 aliphatic rings. The van der Waals surface area contributed by atoms with Crippen LogP contribution in [0.4, 0.5) is 0 Å². The smallest absolute Gasteiger partial charge is 0.255 e. The molecule has 5 nitrogen and oxygen atoms in total. The quantitative estimate of drug-likeness (QED) is 0.841. The lowest BCUT2D eigenvalue weighted by Crippen LogP contribution is -2.33. The topological polar surface area (TPSA) is 56.8 Å². The fourth-order valence-electron chi connectivity index (χ4n) is 2.67. The molecule has 0 saturated carbocycles. The maximum Gasteiger partial charge on any atom is 0.255 e. The Bertz CT molecular complexity index is 497. The largest absolute Gasteiger partial charge is 0.497 e. The number of ether oxygens (including phenoxy) is 3. The van der Waals surface area contributed by atoms with Gasteiger partial charge in [0, 0.05) is 12.6 Å². The van der Waals surface area contributed by atoms with Gasteiger partial charge in [0.25, 0.3) is 5.91 Å². The standard InChI is InChI=1S/C17H25NO4/c1-12(6-7-13-5-4-10-22-13)18-17(19)15-11-14(20-2)8-9-16(15)21-3/h8-9,11-13H,4-7,10H2,1-3H3,(H,18,19)/t12-,13-/m0/s1. The molecule has 1 amide bonds. The fourth-order valence-corrected chi connectivity index (χ4v) is 2.67. The van der Waals surface area contributed by atoms with Crippen molar-refractivity contribution in [3.05, 3.63) is 23.8 Å². The van der Waals surface area contributed by atoms with E-state index in [4.69, 9.17) is 14.2 Å². The molecular weight excluding hydrogens is 282 g/mol. The molecule has 1 aromatic carbocycles. The summed E-state index contributed by atoms with van der Waals surface area (Å²) in [5.74, 6) is 1.04. The Morgan fingerprint density at radius 3 is 2.86 bits per heavy atom. The third kappa shape index (κ3) is 4.37. The second-order valence-corrected chi connectivity index (χ2v) is 5.65. The van der Waals surface area contributed by atoms with Crippen molar-refractivity contribution in [2.45, 2.75) is 44.8 Å². The molecule has 5 heteroatoms. The number of rotatable bonds is 7. The highest BCUT2D eigenvalue weighted by molar-refractivity contribution is 5.97. The van der Waals surface area contributed by atoms with Crippen LogP contribution in [0.5, 0.6) is 11.5 Å². The number of hydrogen-bond donors (Lipinski definition) is 1. The summed E-state index contributed by atoms with van der Waals surface area (Å²) in [5, 5.41) is 3.02. The Morgan fingerprint density at radius 2 is 2.23 bits per heavy atom. The van der Waals surface area contributed by atoms with E-state index in [1.165, 1.54) is 0 Å². The first-order valence-corrected chi connectivity index (χ1v) is 7.78. The SMILES string of the molecule is COc1ccc(OC)c(C(=O)N[C@@H](C)CC[C@@H]2CCCO2)c1. The Balaban J connectivity index is 1.92. The second-order valence-electron chi connectivity index (χ2n) is 5.65. The summed E-state index contributed by atoms with van der Waals surface area (Å²) < 4.78 is 16.0. The predicted octanol–water partition coefficient (Wildman–Crippen LogP) is 2.78. The third-order valence-corrected chi connectivity index (χ3v) is 3.97. The lowest BCUT2D eigenvalue weighted by molar-refractivity contribution is 0.0897. The van der Waals surface area contributed by atoms with Crippen LogP contribution in [-0.2, 0) is 4.74 Å². The van der Waals surface area contributed by atoms with Gasteiger partial charge in [-0.05, 0) is 50.8 Å². The average molecular weight is 307 g/mol. The van der Waals surface area contributed by atoms with Gasteiger partial charge in [-0.2, -0.15) is 0 Å². The molecule has 1 heterocycles. The molecule has 0 aliphatic carbocycles. The Morgan fingerprint density at radius 1 is 1.41 bits per heavy atom. The maximum absolute atomic E-state index is 12.4. The highest BCUT2D eigenvalue weighted by Gasteiger charge is 2.19. The first kappa shape index (κ1) is 16.6. The number of amides is 1. The molecule has 0 spiro atoms. The van der Waals surface area contributed by atoms with Crippen LogP contribution >= 0.6 is 0 Å². The van der Waals surface area contributed by atoms with Crippen molar-refractivity contribution in [1.29, 1.82) is 0 Å². The van der Waals surface area contributed by atoms with Crippen molar-refractivity contribution in [1.82, 2.24) is 5.32 Å². The summed E-state index contributed by atoms with van der Waals surface area (Å²) in [6.45, 7) is 2.88. The average Bonchev–Trinajstić information content (AvgIpc) is 3.05. The monoisotopic (exact) mass is 307 g/mol. The first-order chi connectivity index (χ1) is 10.6. The van der Waals surface area contributed by atoms with E-state index in [1.807, 2.05) is 6.92 Å². The van der Waals surface area contributed by atoms with Gasteiger partial charge in [0.05, 0.1) is 25.9 Å². The van der Waals surface area contributed by atoms with Crippen molar-refractivity contribution >= 4 is 5.91 Å². The Labute approximate surface area is 131 Å². The molecule has 0 aromatic heterocycles. The van der Waals surface area contributed by atoms with Crippen molar-refractivity contribution < 1.29 is 19.0 Å². The lowest BCUT2D eigenvalue weighted by Gasteiger charge is -2.17. The van der Waals surface area contributed by atoms with Crippen LogP contribution in [0.2, 0.25) is 0 Å². The van der Waals surface area contributed by atoms with Gasteiger partial charge in [0.2, 0.25) is 0 Å². The summed E-state index contributed by atoms with van der Waals surface area (Å²) in [6.07, 6.45) is 4.52. The Kier molecular flexibility index (Phi) is 6.07. The molecule has 2 atom stereocenters. The number of methoxy groups -OCH3 is 2. The van der Waals surface area contributed by atoms with E-state index < -0.39 is 0 Å². The number of carbonyl (C=O) groups excluding carboxylic acids is 1. The normalized spacial score (nSPS) is 18.8. The molecule has 0 bridgehead atoms. The molecule has 0 unspecified atom stereocenters. The summed E-state index contributed by atoms with van der Waals surface area (Å²) in [5.41, 5.74) is 0.491. The second kappa shape index (κ2) is 8.03. The minimum absolute atomic E-state index is 0.0904. The van der Waals surface area contributed by atoms with E-state index in [0.29, 0.717) is 23.2 Å². The maximum atomic E-state index is 12.4. The minimum atomic E-state index is -0.143. The van der Waals surface area contributed by atoms with Crippen LogP contribution in [0.1, 0.15) is 43.0 Å². The van der Waals surface area contributed by atoms with Crippen molar-refractivity contribution in [3.63, 3.8) is 0 Å². The van der Waals surface area contributed by atoms with Gasteiger partial charge < -0.3 is 19.5 Å². The summed E-state index contributed by atoms with van der Waals surface area (Å²) in [4.78, 5) is 12.4.